The van der Waals surface area contributed by atoms with Gasteiger partial charge in [-0.25, -0.2) is 9.69 Å². The standard InChI is InChI=1S/C42H35Cl2N3O9/c1-19-14-21(15-20(2)36(19)49)35-26-11-12-28-34(39(52)46(37(28)50)24-7-10-27(40(53)54)33(48)17-24)29(26)18-30-38(51)47(45-32-13-6-23(43)16-31(32)44)41(55)42(30,35)22-4-8-25(56-3)9-5-22/h4-11,13-17,28-30,34-35,45,48-49H,12,18H2,1-3H3,(H,53,54). The molecule has 6 atom stereocenters. The Bertz CT molecular complexity index is 2410. The first-order valence-electron chi connectivity index (χ1n) is 17.9. The van der Waals surface area contributed by atoms with Crippen molar-refractivity contribution in [2.75, 3.05) is 17.4 Å². The molecule has 0 bridgehead atoms. The van der Waals surface area contributed by atoms with Gasteiger partial charge in [-0.05, 0) is 97.3 Å². The highest BCUT2D eigenvalue weighted by atomic mass is 35.5. The number of anilines is 2. The number of methoxy groups -OCH3 is 1. The fraction of sp³-hybridized carbons (Fsp3) is 0.262. The van der Waals surface area contributed by atoms with Crippen LogP contribution in [0.1, 0.15) is 51.4 Å². The van der Waals surface area contributed by atoms with Crippen molar-refractivity contribution in [3.8, 4) is 17.2 Å². The summed E-state index contributed by atoms with van der Waals surface area (Å²) in [4.78, 5) is 71.7. The fourth-order valence-corrected chi connectivity index (χ4v) is 9.92. The highest BCUT2D eigenvalue weighted by molar-refractivity contribution is 6.36. The summed E-state index contributed by atoms with van der Waals surface area (Å²) in [6.07, 6.45) is 2.05. The molecule has 286 valence electrons. The van der Waals surface area contributed by atoms with Crippen molar-refractivity contribution in [2.24, 2.45) is 23.7 Å². The summed E-state index contributed by atoms with van der Waals surface area (Å²) in [6.45, 7) is 3.49. The number of carboxylic acid groups (broad SMARTS) is 1. The number of phenolic OH excluding ortho intramolecular Hbond substituents is 1. The third-order valence-electron chi connectivity index (χ3n) is 11.9. The number of hydrazine groups is 1. The van der Waals surface area contributed by atoms with Crippen LogP contribution in [-0.4, -0.2) is 57.0 Å². The maximum Gasteiger partial charge on any atom is 0.339 e. The van der Waals surface area contributed by atoms with Gasteiger partial charge >= 0.3 is 5.97 Å². The van der Waals surface area contributed by atoms with E-state index in [-0.39, 0.29) is 40.6 Å². The normalized spacial score (nSPS) is 25.4. The number of benzene rings is 4. The zero-order valence-electron chi connectivity index (χ0n) is 30.2. The quantitative estimate of drug-likeness (QED) is 0.114. The van der Waals surface area contributed by atoms with Gasteiger partial charge in [-0.2, -0.15) is 5.01 Å². The molecule has 6 unspecified atom stereocenters. The van der Waals surface area contributed by atoms with Crippen LogP contribution in [0.3, 0.4) is 0 Å². The Labute approximate surface area is 330 Å². The largest absolute Gasteiger partial charge is 0.507 e. The number of nitrogens with one attached hydrogen (secondary N) is 1. The number of phenols is 2. The summed E-state index contributed by atoms with van der Waals surface area (Å²) in [5.74, 6) is -8.01. The maximum absolute atomic E-state index is 15.5. The zero-order chi connectivity index (χ0) is 40.0. The van der Waals surface area contributed by atoms with Gasteiger partial charge in [-0.1, -0.05) is 59.1 Å². The number of nitrogens with zero attached hydrogens (tertiary/aromatic N) is 2. The van der Waals surface area contributed by atoms with Crippen molar-refractivity contribution < 1.29 is 44.0 Å². The van der Waals surface area contributed by atoms with Gasteiger partial charge in [0.15, 0.2) is 0 Å². The van der Waals surface area contributed by atoms with Gasteiger partial charge in [0.25, 0.3) is 11.8 Å². The van der Waals surface area contributed by atoms with E-state index < -0.39 is 70.4 Å². The number of aromatic hydroxyl groups is 2. The number of rotatable bonds is 7. The molecule has 1 saturated carbocycles. The van der Waals surface area contributed by atoms with Crippen LogP contribution < -0.4 is 15.1 Å². The average Bonchev–Trinajstić information content (AvgIpc) is 3.55. The van der Waals surface area contributed by atoms with Crippen LogP contribution in [0.5, 0.6) is 17.2 Å². The molecule has 4 aromatic rings. The second-order valence-corrected chi connectivity index (χ2v) is 15.6. The molecule has 12 nitrogen and oxygen atoms in total. The average molecular weight is 797 g/mol. The van der Waals surface area contributed by atoms with E-state index in [1.807, 2.05) is 6.08 Å². The number of aromatic carboxylic acids is 1. The van der Waals surface area contributed by atoms with Gasteiger partial charge in [-0.15, -0.1) is 0 Å². The summed E-state index contributed by atoms with van der Waals surface area (Å²) >= 11 is 12.7. The molecule has 0 aromatic heterocycles. The first kappa shape index (κ1) is 37.1. The van der Waals surface area contributed by atoms with Crippen molar-refractivity contribution in [3.63, 3.8) is 0 Å². The second-order valence-electron chi connectivity index (χ2n) is 14.7. The number of carboxylic acids is 1. The lowest BCUT2D eigenvalue weighted by Gasteiger charge is -2.50. The van der Waals surface area contributed by atoms with E-state index in [9.17, 15) is 34.5 Å². The van der Waals surface area contributed by atoms with Crippen LogP contribution >= 0.6 is 23.2 Å². The van der Waals surface area contributed by atoms with E-state index in [1.165, 1.54) is 19.2 Å². The van der Waals surface area contributed by atoms with Gasteiger partial charge in [0.05, 0.1) is 46.7 Å². The molecule has 2 aliphatic carbocycles. The lowest BCUT2D eigenvalue weighted by molar-refractivity contribution is -0.138. The van der Waals surface area contributed by atoms with Crippen molar-refractivity contribution in [1.82, 2.24) is 5.01 Å². The fourth-order valence-electron chi connectivity index (χ4n) is 9.47. The summed E-state index contributed by atoms with van der Waals surface area (Å²) in [6, 6.07) is 18.6. The molecule has 0 radical (unpaired) electrons. The van der Waals surface area contributed by atoms with Crippen LogP contribution in [0.2, 0.25) is 10.0 Å². The number of hydrogen-bond acceptors (Lipinski definition) is 9. The molecule has 4 aliphatic rings. The predicted octanol–water partition coefficient (Wildman–Crippen LogP) is 6.92. The molecule has 14 heteroatoms. The summed E-state index contributed by atoms with van der Waals surface area (Å²) in [5.41, 5.74) is 4.20. The molecular weight excluding hydrogens is 761 g/mol. The van der Waals surface area contributed by atoms with E-state index in [2.05, 4.69) is 5.43 Å². The molecule has 2 aliphatic heterocycles. The smallest absolute Gasteiger partial charge is 0.339 e. The number of fused-ring (bicyclic) bond motifs is 4. The SMILES string of the molecule is COc1ccc(C23C(=O)N(Nc4ccc(Cl)cc4Cl)C(=O)C2CC2C(=CCC4C(=O)N(c5ccc(C(=O)O)c(O)c5)C(=O)C42)C3c2cc(C)c(O)c(C)c2)cc1. The number of hydrogen-bond donors (Lipinski definition) is 4. The third-order valence-corrected chi connectivity index (χ3v) is 12.4. The van der Waals surface area contributed by atoms with E-state index in [1.54, 1.807) is 62.4 Å². The Morgan fingerprint density at radius 2 is 1.57 bits per heavy atom. The predicted molar refractivity (Wildman–Crippen MR) is 206 cm³/mol. The van der Waals surface area contributed by atoms with E-state index in [0.717, 1.165) is 22.0 Å². The Morgan fingerprint density at radius 1 is 0.875 bits per heavy atom. The minimum absolute atomic E-state index is 0.0126. The summed E-state index contributed by atoms with van der Waals surface area (Å²) in [7, 11) is 1.52. The topological polar surface area (TPSA) is 174 Å². The summed E-state index contributed by atoms with van der Waals surface area (Å²) < 4.78 is 5.46. The van der Waals surface area contributed by atoms with Gasteiger partial charge < -0.3 is 20.1 Å². The van der Waals surface area contributed by atoms with E-state index in [0.29, 0.717) is 38.6 Å². The molecule has 4 aromatic carbocycles. The van der Waals surface area contributed by atoms with Gasteiger partial charge in [0.1, 0.15) is 22.8 Å². The number of amides is 4. The molecule has 3 fully saturated rings. The minimum Gasteiger partial charge on any atom is -0.507 e. The number of carbonyl (C=O) groups excluding carboxylic acids is 4. The second kappa shape index (κ2) is 13.4. The highest BCUT2D eigenvalue weighted by Gasteiger charge is 2.70. The minimum atomic E-state index is -1.59. The summed E-state index contributed by atoms with van der Waals surface area (Å²) in [5, 5.41) is 32.3. The molecule has 2 heterocycles. The molecule has 56 heavy (non-hydrogen) atoms. The number of ether oxygens (including phenoxy) is 1. The van der Waals surface area contributed by atoms with Gasteiger partial charge in [0.2, 0.25) is 11.8 Å². The Morgan fingerprint density at radius 3 is 2.20 bits per heavy atom. The maximum atomic E-state index is 15.5. The molecule has 2 saturated heterocycles. The number of aryl methyl sites for hydroxylation is 2. The molecule has 4 amide bonds. The number of carbonyl (C=O) groups is 5. The first-order chi connectivity index (χ1) is 26.7. The highest BCUT2D eigenvalue weighted by Crippen LogP contribution is 2.64. The Hall–Kier alpha value is -5.85. The van der Waals surface area contributed by atoms with Crippen LogP contribution in [0.25, 0.3) is 0 Å². The number of allylic oxidation sites excluding steroid dienone is 2. The van der Waals surface area contributed by atoms with E-state index >= 15 is 4.79 Å². The molecular formula is C42H35Cl2N3O9. The molecule has 0 spiro atoms. The van der Waals surface area contributed by atoms with Crippen LogP contribution in [-0.2, 0) is 24.6 Å². The monoisotopic (exact) mass is 795 g/mol. The van der Waals surface area contributed by atoms with Crippen molar-refractivity contribution in [2.45, 2.75) is 38.0 Å². The number of halogens is 2. The van der Waals surface area contributed by atoms with Crippen LogP contribution in [0, 0.1) is 37.5 Å². The van der Waals surface area contributed by atoms with E-state index in [4.69, 9.17) is 27.9 Å². The van der Waals surface area contributed by atoms with Crippen molar-refractivity contribution >= 4 is 64.2 Å². The Balaban J connectivity index is 1.33. The molecule has 4 N–H and O–H groups in total. The Kier molecular flexibility index (Phi) is 8.89. The van der Waals surface area contributed by atoms with Crippen molar-refractivity contribution in [1.29, 1.82) is 0 Å². The zero-order valence-corrected chi connectivity index (χ0v) is 31.8. The van der Waals surface area contributed by atoms with Gasteiger partial charge in [0, 0.05) is 17.0 Å². The lowest BCUT2D eigenvalue weighted by Crippen LogP contribution is -2.53. The third kappa shape index (κ3) is 5.37. The molecule has 8 rings (SSSR count). The van der Waals surface area contributed by atoms with Gasteiger partial charge in [-0.3, -0.25) is 24.6 Å². The first-order valence-corrected chi connectivity index (χ1v) is 18.6. The van der Waals surface area contributed by atoms with Crippen molar-refractivity contribution in [3.05, 3.63) is 122 Å². The van der Waals surface area contributed by atoms with Crippen LogP contribution in [0.4, 0.5) is 11.4 Å². The lowest BCUT2D eigenvalue weighted by atomic mass is 9.49. The van der Waals surface area contributed by atoms with Crippen LogP contribution in [0.15, 0.2) is 84.4 Å². The number of imide groups is 2.